The van der Waals surface area contributed by atoms with Crippen molar-refractivity contribution in [3.05, 3.63) is 0 Å². The van der Waals surface area contributed by atoms with Gasteiger partial charge in [-0.05, 0) is 63.2 Å². The summed E-state index contributed by atoms with van der Waals surface area (Å²) in [4.78, 5) is 23.1. The standard InChI is InChI=1S/C21H36O4/c1-24-20(22)18-12-8-16(9-13-18)6-4-3-5-7-17-10-14-19(15-11-17)21(23)25-2/h16-19H,3-15H2,1-2H3. The van der Waals surface area contributed by atoms with Gasteiger partial charge in [0.25, 0.3) is 0 Å². The van der Waals surface area contributed by atoms with Gasteiger partial charge >= 0.3 is 11.9 Å². The lowest BCUT2D eigenvalue weighted by atomic mass is 9.78. The van der Waals surface area contributed by atoms with Gasteiger partial charge in [-0.1, -0.05) is 32.1 Å². The van der Waals surface area contributed by atoms with Gasteiger partial charge in [0.05, 0.1) is 26.1 Å². The third kappa shape index (κ3) is 6.63. The average Bonchev–Trinajstić information content (AvgIpc) is 2.67. The molecule has 144 valence electrons. The number of hydrogen-bond donors (Lipinski definition) is 0. The highest BCUT2D eigenvalue weighted by molar-refractivity contribution is 5.72. The SMILES string of the molecule is COC(=O)C1CCC(CCCCCC2CCC(C(=O)OC)CC2)CC1. The second-order valence-electron chi connectivity index (χ2n) is 8.12. The van der Waals surface area contributed by atoms with Crippen LogP contribution < -0.4 is 0 Å². The first-order valence-electron chi connectivity index (χ1n) is 10.3. The summed E-state index contributed by atoms with van der Waals surface area (Å²) >= 11 is 0. The van der Waals surface area contributed by atoms with Crippen LogP contribution in [0, 0.1) is 23.7 Å². The molecule has 2 aliphatic rings. The quantitative estimate of drug-likeness (QED) is 0.461. The van der Waals surface area contributed by atoms with Gasteiger partial charge in [0.1, 0.15) is 0 Å². The van der Waals surface area contributed by atoms with Crippen LogP contribution in [0.25, 0.3) is 0 Å². The minimum Gasteiger partial charge on any atom is -0.469 e. The van der Waals surface area contributed by atoms with Crippen molar-refractivity contribution >= 4 is 11.9 Å². The molecule has 2 saturated carbocycles. The Hall–Kier alpha value is -1.06. The van der Waals surface area contributed by atoms with E-state index in [1.807, 2.05) is 0 Å². The Kier molecular flexibility index (Phi) is 8.77. The van der Waals surface area contributed by atoms with Crippen LogP contribution in [0.3, 0.4) is 0 Å². The van der Waals surface area contributed by atoms with E-state index >= 15 is 0 Å². The van der Waals surface area contributed by atoms with Gasteiger partial charge in [-0.25, -0.2) is 0 Å². The summed E-state index contributed by atoms with van der Waals surface area (Å²) in [5.41, 5.74) is 0. The molecule has 0 aliphatic heterocycles. The Labute approximate surface area is 153 Å². The van der Waals surface area contributed by atoms with Crippen molar-refractivity contribution in [3.8, 4) is 0 Å². The molecule has 0 aromatic heterocycles. The maximum atomic E-state index is 11.5. The third-order valence-corrected chi connectivity index (χ3v) is 6.49. The number of carbonyl (C=O) groups is 2. The largest absolute Gasteiger partial charge is 0.469 e. The zero-order chi connectivity index (χ0) is 18.1. The lowest BCUT2D eigenvalue weighted by Crippen LogP contribution is -2.23. The Morgan fingerprint density at radius 3 is 1.32 bits per heavy atom. The van der Waals surface area contributed by atoms with Gasteiger partial charge in [-0.2, -0.15) is 0 Å². The van der Waals surface area contributed by atoms with E-state index in [9.17, 15) is 9.59 Å². The van der Waals surface area contributed by atoms with Crippen LogP contribution in [0.1, 0.15) is 83.5 Å². The maximum absolute atomic E-state index is 11.5. The van der Waals surface area contributed by atoms with Crippen LogP contribution in [0.15, 0.2) is 0 Å². The zero-order valence-electron chi connectivity index (χ0n) is 16.1. The van der Waals surface area contributed by atoms with Crippen molar-refractivity contribution in [2.75, 3.05) is 14.2 Å². The minimum atomic E-state index is -0.0135. The van der Waals surface area contributed by atoms with Crippen molar-refractivity contribution < 1.29 is 19.1 Å². The molecule has 4 nitrogen and oxygen atoms in total. The molecule has 0 saturated heterocycles. The van der Waals surface area contributed by atoms with Gasteiger partial charge in [0.15, 0.2) is 0 Å². The molecule has 2 fully saturated rings. The van der Waals surface area contributed by atoms with E-state index in [2.05, 4.69) is 0 Å². The Balaban J connectivity index is 1.48. The van der Waals surface area contributed by atoms with Crippen molar-refractivity contribution in [2.45, 2.75) is 83.5 Å². The molecular weight excluding hydrogens is 316 g/mol. The highest BCUT2D eigenvalue weighted by Crippen LogP contribution is 2.34. The molecule has 4 heteroatoms. The van der Waals surface area contributed by atoms with Crippen LogP contribution in [0.2, 0.25) is 0 Å². The molecular formula is C21H36O4. The number of hydrogen-bond acceptors (Lipinski definition) is 4. The van der Waals surface area contributed by atoms with Gasteiger partial charge in [-0.15, -0.1) is 0 Å². The predicted molar refractivity (Wildman–Crippen MR) is 98.0 cm³/mol. The van der Waals surface area contributed by atoms with Gasteiger partial charge < -0.3 is 9.47 Å². The lowest BCUT2D eigenvalue weighted by Gasteiger charge is -2.27. The molecule has 2 aliphatic carbocycles. The van der Waals surface area contributed by atoms with E-state index in [1.165, 1.54) is 72.0 Å². The van der Waals surface area contributed by atoms with Crippen LogP contribution in [0.5, 0.6) is 0 Å². The van der Waals surface area contributed by atoms with Gasteiger partial charge in [0.2, 0.25) is 0 Å². The second kappa shape index (κ2) is 10.8. The Morgan fingerprint density at radius 1 is 0.640 bits per heavy atom. The van der Waals surface area contributed by atoms with Crippen LogP contribution in [-0.4, -0.2) is 26.2 Å². The van der Waals surface area contributed by atoms with Crippen molar-refractivity contribution in [3.63, 3.8) is 0 Å². The molecule has 0 spiro atoms. The average molecular weight is 353 g/mol. The van der Waals surface area contributed by atoms with Crippen LogP contribution in [0.4, 0.5) is 0 Å². The fourth-order valence-electron chi connectivity index (χ4n) is 4.75. The van der Waals surface area contributed by atoms with E-state index in [1.54, 1.807) is 0 Å². The van der Waals surface area contributed by atoms with Gasteiger partial charge in [0, 0.05) is 0 Å². The maximum Gasteiger partial charge on any atom is 0.308 e. The van der Waals surface area contributed by atoms with E-state index < -0.39 is 0 Å². The molecule has 0 N–H and O–H groups in total. The topological polar surface area (TPSA) is 52.6 Å². The van der Waals surface area contributed by atoms with E-state index in [0.717, 1.165) is 37.5 Å². The third-order valence-electron chi connectivity index (χ3n) is 6.49. The molecule has 0 radical (unpaired) electrons. The van der Waals surface area contributed by atoms with Crippen molar-refractivity contribution in [2.24, 2.45) is 23.7 Å². The van der Waals surface area contributed by atoms with E-state index in [4.69, 9.17) is 9.47 Å². The Bertz CT molecular complexity index is 366. The summed E-state index contributed by atoms with van der Waals surface area (Å²) in [6, 6.07) is 0. The van der Waals surface area contributed by atoms with Crippen molar-refractivity contribution in [1.29, 1.82) is 0 Å². The number of ether oxygens (including phenoxy) is 2. The number of methoxy groups -OCH3 is 2. The number of esters is 2. The highest BCUT2D eigenvalue weighted by atomic mass is 16.5. The normalized spacial score (nSPS) is 29.8. The zero-order valence-corrected chi connectivity index (χ0v) is 16.1. The molecule has 0 bridgehead atoms. The van der Waals surface area contributed by atoms with Gasteiger partial charge in [-0.3, -0.25) is 9.59 Å². The summed E-state index contributed by atoms with van der Waals surface area (Å²) in [6.07, 6.45) is 15.4. The number of rotatable bonds is 8. The first-order chi connectivity index (χ1) is 12.1. The minimum absolute atomic E-state index is 0.0135. The molecule has 0 heterocycles. The fourth-order valence-corrected chi connectivity index (χ4v) is 4.75. The summed E-state index contributed by atoms with van der Waals surface area (Å²) in [5, 5.41) is 0. The monoisotopic (exact) mass is 352 g/mol. The molecule has 0 aromatic carbocycles. The molecule has 25 heavy (non-hydrogen) atoms. The fraction of sp³-hybridized carbons (Fsp3) is 0.905. The van der Waals surface area contributed by atoms with Crippen molar-refractivity contribution in [1.82, 2.24) is 0 Å². The number of unbranched alkanes of at least 4 members (excludes halogenated alkanes) is 2. The smallest absolute Gasteiger partial charge is 0.308 e. The summed E-state index contributed by atoms with van der Waals surface area (Å²) in [6.45, 7) is 0. The summed E-state index contributed by atoms with van der Waals surface area (Å²) in [5.74, 6) is 1.91. The summed E-state index contributed by atoms with van der Waals surface area (Å²) in [7, 11) is 2.99. The first kappa shape index (κ1) is 20.3. The predicted octanol–water partition coefficient (Wildman–Crippen LogP) is 4.90. The molecule has 0 unspecified atom stereocenters. The first-order valence-corrected chi connectivity index (χ1v) is 10.3. The Morgan fingerprint density at radius 2 is 1.00 bits per heavy atom. The number of carbonyl (C=O) groups excluding carboxylic acids is 2. The van der Waals surface area contributed by atoms with Crippen LogP contribution in [-0.2, 0) is 19.1 Å². The van der Waals surface area contributed by atoms with E-state index in [0.29, 0.717) is 0 Å². The molecule has 0 amide bonds. The summed E-state index contributed by atoms with van der Waals surface area (Å²) < 4.78 is 9.71. The molecule has 2 rings (SSSR count). The van der Waals surface area contributed by atoms with E-state index in [-0.39, 0.29) is 23.8 Å². The second-order valence-corrected chi connectivity index (χ2v) is 8.12. The molecule has 0 atom stereocenters. The lowest BCUT2D eigenvalue weighted by molar-refractivity contribution is -0.147. The van der Waals surface area contributed by atoms with Crippen LogP contribution >= 0.6 is 0 Å². The molecule has 0 aromatic rings. The highest BCUT2D eigenvalue weighted by Gasteiger charge is 2.27.